The van der Waals surface area contributed by atoms with Gasteiger partial charge in [0, 0.05) is 5.02 Å². The monoisotopic (exact) mass is 254 g/mol. The first-order chi connectivity index (χ1) is 7.91. The normalized spacial score (nSPS) is 14.5. The van der Waals surface area contributed by atoms with Crippen LogP contribution in [-0.2, 0) is 4.79 Å². The summed E-state index contributed by atoms with van der Waals surface area (Å²) in [5, 5.41) is 3.55. The zero-order chi connectivity index (χ0) is 13.0. The minimum Gasteiger partial charge on any atom is -0.348 e. The highest BCUT2D eigenvalue weighted by molar-refractivity contribution is 6.30. The lowest BCUT2D eigenvalue weighted by Gasteiger charge is -2.20. The van der Waals surface area contributed by atoms with Crippen molar-refractivity contribution in [3.63, 3.8) is 0 Å². The van der Waals surface area contributed by atoms with Crippen molar-refractivity contribution in [3.8, 4) is 0 Å². The first-order valence-corrected chi connectivity index (χ1v) is 6.11. The Morgan fingerprint density at radius 3 is 2.53 bits per heavy atom. The SMILES string of the molecule is CC(C)[C@@H](N)C(=O)N[C@H](C)c1cccc(Cl)c1. The van der Waals surface area contributed by atoms with Gasteiger partial charge in [0.05, 0.1) is 12.1 Å². The standard InChI is InChI=1S/C13H19ClN2O/c1-8(2)12(15)13(17)16-9(3)10-5-4-6-11(14)7-10/h4-9,12H,15H2,1-3H3,(H,16,17)/t9-,12-/m1/s1. The lowest BCUT2D eigenvalue weighted by atomic mass is 10.0. The van der Waals surface area contributed by atoms with Crippen LogP contribution in [0.15, 0.2) is 24.3 Å². The van der Waals surface area contributed by atoms with Crippen molar-refractivity contribution in [2.24, 2.45) is 11.7 Å². The van der Waals surface area contributed by atoms with Crippen molar-refractivity contribution in [1.29, 1.82) is 0 Å². The number of carbonyl (C=O) groups excluding carboxylic acids is 1. The van der Waals surface area contributed by atoms with E-state index in [4.69, 9.17) is 17.3 Å². The Kier molecular flexibility index (Phi) is 4.97. The van der Waals surface area contributed by atoms with E-state index >= 15 is 0 Å². The van der Waals surface area contributed by atoms with Crippen LogP contribution < -0.4 is 11.1 Å². The van der Waals surface area contributed by atoms with Gasteiger partial charge in [-0.3, -0.25) is 4.79 Å². The fraction of sp³-hybridized carbons (Fsp3) is 0.462. The van der Waals surface area contributed by atoms with E-state index in [1.165, 1.54) is 0 Å². The van der Waals surface area contributed by atoms with E-state index in [-0.39, 0.29) is 17.9 Å². The third kappa shape index (κ3) is 4.02. The summed E-state index contributed by atoms with van der Waals surface area (Å²) in [4.78, 5) is 11.8. The van der Waals surface area contributed by atoms with Gasteiger partial charge in [-0.05, 0) is 30.5 Å². The summed E-state index contributed by atoms with van der Waals surface area (Å²) >= 11 is 5.90. The summed E-state index contributed by atoms with van der Waals surface area (Å²) < 4.78 is 0. The van der Waals surface area contributed by atoms with Gasteiger partial charge in [0.2, 0.25) is 5.91 Å². The molecule has 3 N–H and O–H groups in total. The first-order valence-electron chi connectivity index (χ1n) is 5.73. The van der Waals surface area contributed by atoms with Crippen LogP contribution >= 0.6 is 11.6 Å². The van der Waals surface area contributed by atoms with Crippen molar-refractivity contribution < 1.29 is 4.79 Å². The Bertz CT molecular complexity index is 393. The molecule has 0 bridgehead atoms. The molecule has 1 aromatic carbocycles. The molecule has 0 aliphatic rings. The van der Waals surface area contributed by atoms with Gasteiger partial charge in [-0.25, -0.2) is 0 Å². The molecule has 0 spiro atoms. The molecule has 0 unspecified atom stereocenters. The zero-order valence-electron chi connectivity index (χ0n) is 10.4. The van der Waals surface area contributed by atoms with Crippen LogP contribution in [0.3, 0.4) is 0 Å². The molecular formula is C13H19ClN2O. The number of hydrogen-bond acceptors (Lipinski definition) is 2. The number of amides is 1. The average molecular weight is 255 g/mol. The molecule has 17 heavy (non-hydrogen) atoms. The summed E-state index contributed by atoms with van der Waals surface area (Å²) in [6.45, 7) is 5.76. The van der Waals surface area contributed by atoms with Crippen LogP contribution in [0.1, 0.15) is 32.4 Å². The summed E-state index contributed by atoms with van der Waals surface area (Å²) in [6, 6.07) is 6.87. The number of nitrogens with two attached hydrogens (primary N) is 1. The van der Waals surface area contributed by atoms with Gasteiger partial charge in [0.25, 0.3) is 0 Å². The second-order valence-corrected chi connectivity index (χ2v) is 4.99. The van der Waals surface area contributed by atoms with Gasteiger partial charge < -0.3 is 11.1 Å². The van der Waals surface area contributed by atoms with Crippen molar-refractivity contribution in [2.45, 2.75) is 32.9 Å². The average Bonchev–Trinajstić information content (AvgIpc) is 2.27. The van der Waals surface area contributed by atoms with Gasteiger partial charge in [0.15, 0.2) is 0 Å². The van der Waals surface area contributed by atoms with Gasteiger partial charge in [-0.15, -0.1) is 0 Å². The van der Waals surface area contributed by atoms with Gasteiger partial charge >= 0.3 is 0 Å². The molecule has 1 amide bonds. The van der Waals surface area contributed by atoms with Crippen molar-refractivity contribution >= 4 is 17.5 Å². The Labute approximate surface area is 107 Å². The molecule has 0 radical (unpaired) electrons. The van der Waals surface area contributed by atoms with Gasteiger partial charge in [0.1, 0.15) is 0 Å². The molecule has 1 rings (SSSR count). The van der Waals surface area contributed by atoms with Crippen LogP contribution in [0.2, 0.25) is 5.02 Å². The summed E-state index contributed by atoms with van der Waals surface area (Å²) in [7, 11) is 0. The molecule has 2 atom stereocenters. The summed E-state index contributed by atoms with van der Waals surface area (Å²) in [5.41, 5.74) is 6.75. The second kappa shape index (κ2) is 6.03. The fourth-order valence-corrected chi connectivity index (χ4v) is 1.67. The minimum absolute atomic E-state index is 0.0917. The number of halogens is 1. The molecular weight excluding hydrogens is 236 g/mol. The minimum atomic E-state index is -0.475. The molecule has 0 aromatic heterocycles. The predicted molar refractivity (Wildman–Crippen MR) is 70.8 cm³/mol. The quantitative estimate of drug-likeness (QED) is 0.868. The van der Waals surface area contributed by atoms with Gasteiger partial charge in [-0.1, -0.05) is 37.6 Å². The van der Waals surface area contributed by atoms with Crippen LogP contribution in [0.25, 0.3) is 0 Å². The van der Waals surface area contributed by atoms with Crippen molar-refractivity contribution in [1.82, 2.24) is 5.32 Å². The molecule has 0 aliphatic heterocycles. The maximum Gasteiger partial charge on any atom is 0.237 e. The molecule has 1 aromatic rings. The predicted octanol–water partition coefficient (Wildman–Crippen LogP) is 2.50. The highest BCUT2D eigenvalue weighted by Crippen LogP contribution is 2.17. The van der Waals surface area contributed by atoms with Crippen molar-refractivity contribution in [3.05, 3.63) is 34.9 Å². The smallest absolute Gasteiger partial charge is 0.237 e. The summed E-state index contributed by atoms with van der Waals surface area (Å²) in [6.07, 6.45) is 0. The van der Waals surface area contributed by atoms with E-state index in [0.717, 1.165) is 5.56 Å². The van der Waals surface area contributed by atoms with Crippen LogP contribution in [0.5, 0.6) is 0 Å². The second-order valence-electron chi connectivity index (χ2n) is 4.56. The summed E-state index contributed by atoms with van der Waals surface area (Å²) in [5.74, 6) is -0.00552. The van der Waals surface area contributed by atoms with E-state index in [9.17, 15) is 4.79 Å². The van der Waals surface area contributed by atoms with Gasteiger partial charge in [-0.2, -0.15) is 0 Å². The van der Waals surface area contributed by atoms with Crippen LogP contribution in [-0.4, -0.2) is 11.9 Å². The Hall–Kier alpha value is -1.06. The van der Waals surface area contributed by atoms with Crippen molar-refractivity contribution in [2.75, 3.05) is 0 Å². The topological polar surface area (TPSA) is 55.1 Å². The molecule has 0 fully saturated rings. The van der Waals surface area contributed by atoms with Crippen LogP contribution in [0, 0.1) is 5.92 Å². The van der Waals surface area contributed by atoms with E-state index < -0.39 is 6.04 Å². The Morgan fingerprint density at radius 1 is 1.35 bits per heavy atom. The number of rotatable bonds is 4. The molecule has 0 saturated heterocycles. The van der Waals surface area contributed by atoms with E-state index in [2.05, 4.69) is 5.32 Å². The van der Waals surface area contributed by atoms with E-state index in [1.54, 1.807) is 6.07 Å². The highest BCUT2D eigenvalue weighted by Gasteiger charge is 2.19. The molecule has 0 saturated carbocycles. The third-order valence-electron chi connectivity index (χ3n) is 2.73. The Balaban J connectivity index is 2.66. The highest BCUT2D eigenvalue weighted by atomic mass is 35.5. The maximum atomic E-state index is 11.8. The lowest BCUT2D eigenvalue weighted by molar-refractivity contribution is -0.123. The molecule has 94 valence electrons. The van der Waals surface area contributed by atoms with E-state index in [0.29, 0.717) is 5.02 Å². The largest absolute Gasteiger partial charge is 0.348 e. The number of benzene rings is 1. The fourth-order valence-electron chi connectivity index (χ4n) is 1.47. The first kappa shape index (κ1) is 14.0. The molecule has 3 nitrogen and oxygen atoms in total. The van der Waals surface area contributed by atoms with E-state index in [1.807, 2.05) is 39.0 Å². The number of hydrogen-bond donors (Lipinski definition) is 2. The zero-order valence-corrected chi connectivity index (χ0v) is 11.2. The molecule has 0 heterocycles. The lowest BCUT2D eigenvalue weighted by Crippen LogP contribution is -2.44. The molecule has 0 aliphatic carbocycles. The molecule has 4 heteroatoms. The number of carbonyl (C=O) groups is 1. The third-order valence-corrected chi connectivity index (χ3v) is 2.96. The Morgan fingerprint density at radius 2 is 2.00 bits per heavy atom. The maximum absolute atomic E-state index is 11.8. The number of nitrogens with one attached hydrogen (secondary N) is 1. The van der Waals surface area contributed by atoms with Crippen LogP contribution in [0.4, 0.5) is 0 Å².